The Morgan fingerprint density at radius 3 is 3.17 bits per heavy atom. The van der Waals surface area contributed by atoms with Crippen molar-refractivity contribution in [2.45, 2.75) is 13.0 Å². The summed E-state index contributed by atoms with van der Waals surface area (Å²) >= 11 is 0. The van der Waals surface area contributed by atoms with Gasteiger partial charge in [0.1, 0.15) is 6.04 Å². The van der Waals surface area contributed by atoms with Gasteiger partial charge < -0.3 is 20.9 Å². The lowest BCUT2D eigenvalue weighted by atomic mass is 10.2. The number of aromatic nitrogens is 2. The Morgan fingerprint density at radius 2 is 2.33 bits per heavy atom. The molecule has 2 heterocycles. The number of benzene rings is 1. The van der Waals surface area contributed by atoms with Crippen molar-refractivity contribution in [3.63, 3.8) is 0 Å². The van der Waals surface area contributed by atoms with E-state index in [1.165, 1.54) is 0 Å². The van der Waals surface area contributed by atoms with E-state index in [2.05, 4.69) is 15.3 Å². The fraction of sp³-hybridized carbons (Fsp3) is 0.333. The Bertz CT molecular complexity index is 606. The maximum absolute atomic E-state index is 11.6. The van der Waals surface area contributed by atoms with E-state index in [0.29, 0.717) is 12.2 Å². The molecule has 6 nitrogen and oxygen atoms in total. The summed E-state index contributed by atoms with van der Waals surface area (Å²) < 4.78 is 0. The average molecular weight is 245 g/mol. The third kappa shape index (κ3) is 1.66. The second-order valence-electron chi connectivity index (χ2n) is 4.50. The zero-order valence-corrected chi connectivity index (χ0v) is 10.1. The van der Waals surface area contributed by atoms with Crippen LogP contribution in [0.15, 0.2) is 18.2 Å². The molecule has 0 saturated carbocycles. The first kappa shape index (κ1) is 10.9. The summed E-state index contributed by atoms with van der Waals surface area (Å²) in [6, 6.07) is 5.33. The van der Waals surface area contributed by atoms with E-state index in [0.717, 1.165) is 23.5 Å². The Kier molecular flexibility index (Phi) is 2.36. The van der Waals surface area contributed by atoms with Gasteiger partial charge in [-0.05, 0) is 25.1 Å². The Labute approximate surface area is 104 Å². The van der Waals surface area contributed by atoms with Crippen molar-refractivity contribution < 1.29 is 4.79 Å². The Hall–Kier alpha value is -2.24. The molecule has 1 saturated heterocycles. The van der Waals surface area contributed by atoms with Crippen molar-refractivity contribution in [2.24, 2.45) is 0 Å². The number of nitrogens with zero attached hydrogens (tertiary/aromatic N) is 2. The zero-order chi connectivity index (χ0) is 12.7. The summed E-state index contributed by atoms with van der Waals surface area (Å²) in [5, 5.41) is 2.83. The molecule has 4 N–H and O–H groups in total. The third-order valence-corrected chi connectivity index (χ3v) is 3.26. The van der Waals surface area contributed by atoms with Gasteiger partial charge >= 0.3 is 0 Å². The average Bonchev–Trinajstić information content (AvgIpc) is 2.75. The standard InChI is InChI=1S/C12H15N5O/c1-7-11(18)14-4-5-17(7)12-15-9-3-2-8(13)6-10(9)16-12/h2-3,6-7H,4-5,13H2,1H3,(H,14,18)(H,15,16). The van der Waals surface area contributed by atoms with Gasteiger partial charge in [-0.2, -0.15) is 0 Å². The number of hydrogen-bond acceptors (Lipinski definition) is 4. The number of hydrogen-bond donors (Lipinski definition) is 3. The van der Waals surface area contributed by atoms with Crippen LogP contribution in [0, 0.1) is 0 Å². The molecule has 1 fully saturated rings. The van der Waals surface area contributed by atoms with Gasteiger partial charge in [0.25, 0.3) is 0 Å². The number of H-pyrrole nitrogens is 1. The van der Waals surface area contributed by atoms with Gasteiger partial charge in [-0.3, -0.25) is 4.79 Å². The summed E-state index contributed by atoms with van der Waals surface area (Å²) in [7, 11) is 0. The maximum Gasteiger partial charge on any atom is 0.242 e. The van der Waals surface area contributed by atoms with Crippen LogP contribution in [0.4, 0.5) is 11.6 Å². The molecule has 1 aliphatic rings. The lowest BCUT2D eigenvalue weighted by Crippen LogP contribution is -2.54. The third-order valence-electron chi connectivity index (χ3n) is 3.26. The van der Waals surface area contributed by atoms with Crippen molar-refractivity contribution in [1.82, 2.24) is 15.3 Å². The van der Waals surface area contributed by atoms with E-state index in [4.69, 9.17) is 5.73 Å². The minimum Gasteiger partial charge on any atom is -0.399 e. The first-order valence-corrected chi connectivity index (χ1v) is 5.95. The summed E-state index contributed by atoms with van der Waals surface area (Å²) in [6.45, 7) is 3.26. The molecule has 1 aromatic heterocycles. The molecule has 1 amide bonds. The van der Waals surface area contributed by atoms with Crippen LogP contribution in [0.1, 0.15) is 6.92 Å². The van der Waals surface area contributed by atoms with Crippen LogP contribution in [0.25, 0.3) is 11.0 Å². The second-order valence-corrected chi connectivity index (χ2v) is 4.50. The zero-order valence-electron chi connectivity index (χ0n) is 10.1. The molecular weight excluding hydrogens is 230 g/mol. The highest BCUT2D eigenvalue weighted by atomic mass is 16.2. The number of imidazole rings is 1. The number of nitrogens with two attached hydrogens (primary N) is 1. The van der Waals surface area contributed by atoms with Gasteiger partial charge in [0, 0.05) is 18.8 Å². The number of rotatable bonds is 1. The van der Waals surface area contributed by atoms with Gasteiger partial charge in [0.2, 0.25) is 11.9 Å². The molecule has 6 heteroatoms. The molecular formula is C12H15N5O. The van der Waals surface area contributed by atoms with E-state index in [1.807, 2.05) is 30.0 Å². The molecule has 0 aliphatic carbocycles. The molecule has 0 bridgehead atoms. The molecule has 0 radical (unpaired) electrons. The minimum atomic E-state index is -0.211. The second kappa shape index (κ2) is 3.90. The molecule has 94 valence electrons. The highest BCUT2D eigenvalue weighted by Crippen LogP contribution is 2.21. The molecule has 3 rings (SSSR count). The van der Waals surface area contributed by atoms with Gasteiger partial charge in [-0.1, -0.05) is 0 Å². The number of carbonyl (C=O) groups excluding carboxylic acids is 1. The highest BCUT2D eigenvalue weighted by Gasteiger charge is 2.27. The maximum atomic E-state index is 11.6. The number of aromatic amines is 1. The van der Waals surface area contributed by atoms with Crippen molar-refractivity contribution in [2.75, 3.05) is 23.7 Å². The predicted molar refractivity (Wildman–Crippen MR) is 70.3 cm³/mol. The first-order valence-electron chi connectivity index (χ1n) is 5.95. The topological polar surface area (TPSA) is 87.0 Å². The quantitative estimate of drug-likeness (QED) is 0.637. The van der Waals surface area contributed by atoms with Gasteiger partial charge in [-0.15, -0.1) is 0 Å². The number of nitrogens with one attached hydrogen (secondary N) is 2. The largest absolute Gasteiger partial charge is 0.399 e. The number of carbonyl (C=O) groups is 1. The smallest absolute Gasteiger partial charge is 0.242 e. The van der Waals surface area contributed by atoms with E-state index in [-0.39, 0.29) is 11.9 Å². The SMILES string of the molecule is CC1C(=O)NCCN1c1nc2ccc(N)cc2[nH]1. The summed E-state index contributed by atoms with van der Waals surface area (Å²) in [4.78, 5) is 21.3. The number of anilines is 2. The van der Waals surface area contributed by atoms with E-state index < -0.39 is 0 Å². The normalized spacial score (nSPS) is 20.2. The van der Waals surface area contributed by atoms with Crippen LogP contribution in [-0.2, 0) is 4.79 Å². The van der Waals surface area contributed by atoms with Crippen LogP contribution in [-0.4, -0.2) is 35.0 Å². The molecule has 0 spiro atoms. The van der Waals surface area contributed by atoms with Crippen LogP contribution in [0.2, 0.25) is 0 Å². The fourth-order valence-electron chi connectivity index (χ4n) is 2.22. The minimum absolute atomic E-state index is 0.0289. The Balaban J connectivity index is 2.01. The molecule has 1 unspecified atom stereocenters. The molecule has 1 aliphatic heterocycles. The van der Waals surface area contributed by atoms with Gasteiger partial charge in [-0.25, -0.2) is 4.98 Å². The molecule has 1 aromatic carbocycles. The molecule has 2 aromatic rings. The number of piperazine rings is 1. The van der Waals surface area contributed by atoms with E-state index in [1.54, 1.807) is 0 Å². The lowest BCUT2D eigenvalue weighted by molar-refractivity contribution is -0.122. The van der Waals surface area contributed by atoms with Crippen molar-refractivity contribution in [3.8, 4) is 0 Å². The van der Waals surface area contributed by atoms with E-state index >= 15 is 0 Å². The first-order chi connectivity index (χ1) is 8.65. The molecule has 1 atom stereocenters. The van der Waals surface area contributed by atoms with Gasteiger partial charge in [0.15, 0.2) is 0 Å². The van der Waals surface area contributed by atoms with Crippen LogP contribution >= 0.6 is 0 Å². The van der Waals surface area contributed by atoms with Crippen LogP contribution in [0.5, 0.6) is 0 Å². The van der Waals surface area contributed by atoms with Crippen molar-refractivity contribution in [1.29, 1.82) is 0 Å². The predicted octanol–water partition coefficient (Wildman–Crippen LogP) is 0.470. The van der Waals surface area contributed by atoms with Gasteiger partial charge in [0.05, 0.1) is 11.0 Å². The fourth-order valence-corrected chi connectivity index (χ4v) is 2.22. The lowest BCUT2D eigenvalue weighted by Gasteiger charge is -2.32. The molecule has 18 heavy (non-hydrogen) atoms. The summed E-state index contributed by atoms with van der Waals surface area (Å²) in [5.74, 6) is 0.749. The monoisotopic (exact) mass is 245 g/mol. The number of amides is 1. The van der Waals surface area contributed by atoms with Crippen LogP contribution < -0.4 is 16.0 Å². The van der Waals surface area contributed by atoms with Crippen molar-refractivity contribution >= 4 is 28.6 Å². The summed E-state index contributed by atoms with van der Waals surface area (Å²) in [5.41, 5.74) is 8.18. The highest BCUT2D eigenvalue weighted by molar-refractivity contribution is 5.87. The van der Waals surface area contributed by atoms with Crippen LogP contribution in [0.3, 0.4) is 0 Å². The number of nitrogen functional groups attached to an aromatic ring is 1. The number of fused-ring (bicyclic) bond motifs is 1. The Morgan fingerprint density at radius 1 is 1.50 bits per heavy atom. The van der Waals surface area contributed by atoms with E-state index in [9.17, 15) is 4.79 Å². The summed E-state index contributed by atoms with van der Waals surface area (Å²) in [6.07, 6.45) is 0. The van der Waals surface area contributed by atoms with Crippen molar-refractivity contribution in [3.05, 3.63) is 18.2 Å².